The molecule has 0 spiro atoms. The third kappa shape index (κ3) is 41.9. The quantitative estimate of drug-likeness (QED) is 0.0159. The standard InChI is InChI=1S/C74H139N6O22P3/c1-7-11-15-19-23-27-31-35-39-43-59(82)75-51-65(88)101-70-67(77-61(84)53-79(5)63(86)45-41-37-33-29-25-21-17-13-9-3)72(95-48-50-98-104)99-57(69(70)94-47-49-97-103)56-96-73-68(78-62(85)54-80(6)64(87)46-42-38-34-30-26-22-18-14-10-4)71(74(90,105(91,92)93)58(55-81)100-73)102-66(89)52-76-60(83)44-40-36-32-28-24-20-16-12-8-2/h57-58,67-73,81,90H,7-56,103-104H2,1-6H3,(H,75,82)(H,76,83)(H,77,84)(H,78,85)(H2,91,92,93)/t57-,58-,67+,68+,69-,70-,71-,72+,73-,74+/m1/s1. The average Bonchev–Trinajstić information content (AvgIpc) is 0.687. The van der Waals surface area contributed by atoms with Crippen LogP contribution in [0.1, 0.15) is 285 Å². The second-order valence-electron chi connectivity index (χ2n) is 28.2. The minimum atomic E-state index is -6.06. The number of esters is 2. The van der Waals surface area contributed by atoms with Gasteiger partial charge in [0, 0.05) is 58.7 Å². The predicted molar refractivity (Wildman–Crippen MR) is 407 cm³/mol. The number of nitrogens with one attached hydrogen (secondary N) is 4. The zero-order valence-electron chi connectivity index (χ0n) is 64.7. The smallest absolute Gasteiger partial charge is 0.363 e. The molecule has 2 fully saturated rings. The molecule has 2 saturated heterocycles. The van der Waals surface area contributed by atoms with Crippen LogP contribution in [0.2, 0.25) is 0 Å². The van der Waals surface area contributed by atoms with Gasteiger partial charge in [-0.25, -0.2) is 0 Å². The van der Waals surface area contributed by atoms with Crippen LogP contribution in [-0.4, -0.2) is 218 Å². The van der Waals surface area contributed by atoms with E-state index in [1.165, 1.54) is 76.8 Å². The monoisotopic (exact) mass is 1560 g/mol. The molecular formula is C74H139N6O22P3. The Kier molecular flexibility index (Phi) is 55.9. The summed E-state index contributed by atoms with van der Waals surface area (Å²) in [5.74, 6) is -5.71. The number of hydrogen-bond acceptors (Lipinski definition) is 20. The number of hydrogen-bond donors (Lipinski definition) is 8. The van der Waals surface area contributed by atoms with E-state index in [4.69, 9.17) is 42.2 Å². The predicted octanol–water partition coefficient (Wildman–Crippen LogP) is 9.95. The first-order valence-corrected chi connectivity index (χ1v) is 42.3. The number of rotatable bonds is 65. The van der Waals surface area contributed by atoms with Crippen LogP contribution in [0, 0.1) is 0 Å². The van der Waals surface area contributed by atoms with Crippen molar-refractivity contribution in [2.75, 3.05) is 79.9 Å². The molecule has 2 aliphatic heterocycles. The molecule has 6 amide bonds. The van der Waals surface area contributed by atoms with E-state index in [-0.39, 0.29) is 58.0 Å². The molecule has 0 aliphatic carbocycles. The van der Waals surface area contributed by atoms with Crippen molar-refractivity contribution in [1.29, 1.82) is 0 Å². The molecule has 2 unspecified atom stereocenters. The van der Waals surface area contributed by atoms with Crippen molar-refractivity contribution in [3.8, 4) is 0 Å². The molecule has 2 aliphatic rings. The molecule has 8 N–H and O–H groups in total. The van der Waals surface area contributed by atoms with Crippen LogP contribution in [0.25, 0.3) is 0 Å². The van der Waals surface area contributed by atoms with Crippen LogP contribution >= 0.6 is 26.5 Å². The second-order valence-corrected chi connectivity index (χ2v) is 30.7. The van der Waals surface area contributed by atoms with E-state index in [1.807, 2.05) is 0 Å². The molecule has 28 nitrogen and oxygen atoms in total. The summed E-state index contributed by atoms with van der Waals surface area (Å²) in [6.45, 7) is 3.25. The Bertz CT molecular complexity index is 2430. The van der Waals surface area contributed by atoms with E-state index in [0.29, 0.717) is 25.7 Å². The van der Waals surface area contributed by atoms with Crippen LogP contribution in [0.5, 0.6) is 0 Å². The maximum absolute atomic E-state index is 14.4. The first-order valence-electron chi connectivity index (χ1n) is 39.7. The Morgan fingerprint density at radius 3 is 1.18 bits per heavy atom. The fourth-order valence-electron chi connectivity index (χ4n) is 12.9. The number of amides is 6. The van der Waals surface area contributed by atoms with Crippen molar-refractivity contribution < 1.29 is 105 Å². The van der Waals surface area contributed by atoms with Crippen molar-refractivity contribution in [2.24, 2.45) is 0 Å². The van der Waals surface area contributed by atoms with Gasteiger partial charge in [0.25, 0.3) is 0 Å². The molecule has 2 rings (SSSR count). The SMILES string of the molecule is CCCCCCCCCCCC(=O)NCC(=O)O[C@@H]1[C@H](NC(=O)CN(C)C(=O)CCCCCCCCCCC)[C@@H](OCCOP)O[C@H](CO[C@@H]2O[C@H](CO)[C@](O)(P(=O)(O)O)[C@H](OC(=O)CNC(=O)CCCCCCCCCCC)[C@@H]2NC(=O)CN(C)C(=O)CCCCCCCCCCC)[C@H]1OCCOP. The number of aliphatic hydroxyl groups excluding tert-OH is 1. The lowest BCUT2D eigenvalue weighted by atomic mass is 9.94. The lowest BCUT2D eigenvalue weighted by Gasteiger charge is -2.50. The van der Waals surface area contributed by atoms with E-state index in [0.717, 1.165) is 153 Å². The van der Waals surface area contributed by atoms with Gasteiger partial charge in [-0.1, -0.05) is 233 Å². The molecule has 105 heavy (non-hydrogen) atoms. The molecule has 0 bridgehead atoms. The van der Waals surface area contributed by atoms with Gasteiger partial charge in [0.1, 0.15) is 43.5 Å². The molecule has 612 valence electrons. The van der Waals surface area contributed by atoms with Gasteiger partial charge >= 0.3 is 19.5 Å². The largest absolute Gasteiger partial charge is 0.456 e. The van der Waals surface area contributed by atoms with E-state index in [9.17, 15) is 62.9 Å². The molecule has 0 aromatic rings. The highest BCUT2D eigenvalue weighted by Gasteiger charge is 2.67. The third-order valence-corrected chi connectivity index (χ3v) is 21.1. The summed E-state index contributed by atoms with van der Waals surface area (Å²) in [5, 5.41) is 30.1. The van der Waals surface area contributed by atoms with Crippen molar-refractivity contribution >= 4 is 73.9 Å². The number of aliphatic hydroxyl groups is 2. The lowest BCUT2D eigenvalue weighted by Crippen LogP contribution is -2.72. The molecule has 0 saturated carbocycles. The number of carbonyl (C=O) groups excluding carboxylic acids is 8. The van der Waals surface area contributed by atoms with E-state index < -0.39 is 149 Å². The first-order chi connectivity index (χ1) is 50.6. The lowest BCUT2D eigenvalue weighted by molar-refractivity contribution is -0.315. The van der Waals surface area contributed by atoms with E-state index >= 15 is 0 Å². The highest BCUT2D eigenvalue weighted by molar-refractivity contribution is 7.53. The Hall–Kier alpha value is -3.59. The highest BCUT2D eigenvalue weighted by Crippen LogP contribution is 2.57. The molecule has 2 heterocycles. The minimum Gasteiger partial charge on any atom is -0.456 e. The number of likely N-dealkylation sites (N-methyl/N-ethyl adjacent to an activating group) is 2. The maximum atomic E-state index is 14.4. The summed E-state index contributed by atoms with van der Waals surface area (Å²) in [6, 6.07) is -3.59. The summed E-state index contributed by atoms with van der Waals surface area (Å²) in [5.41, 5.74) is 0. The number of nitrogens with zero attached hydrogens (tertiary/aromatic N) is 2. The van der Waals surface area contributed by atoms with E-state index in [2.05, 4.69) is 67.9 Å². The van der Waals surface area contributed by atoms with Crippen molar-refractivity contribution in [2.45, 2.75) is 345 Å². The molecule has 12 atom stereocenters. The van der Waals surface area contributed by atoms with Crippen LogP contribution in [0.4, 0.5) is 0 Å². The molecule has 0 aromatic carbocycles. The minimum absolute atomic E-state index is 0.0378. The van der Waals surface area contributed by atoms with Crippen molar-refractivity contribution in [1.82, 2.24) is 31.1 Å². The molecule has 0 aromatic heterocycles. The van der Waals surface area contributed by atoms with Gasteiger partial charge in [-0.3, -0.25) is 42.9 Å². The topological polar surface area (TPSA) is 372 Å². The molecular weight excluding hydrogens is 1420 g/mol. The van der Waals surface area contributed by atoms with Gasteiger partial charge in [-0.15, -0.1) is 0 Å². The third-order valence-electron chi connectivity index (χ3n) is 19.2. The normalized spacial score (nSPS) is 21.0. The fourth-order valence-corrected chi connectivity index (χ4v) is 14.2. The van der Waals surface area contributed by atoms with Crippen molar-refractivity contribution in [3.63, 3.8) is 0 Å². The van der Waals surface area contributed by atoms with Crippen LogP contribution < -0.4 is 21.3 Å². The maximum Gasteiger partial charge on any atom is 0.363 e. The molecule has 31 heteroatoms. The zero-order chi connectivity index (χ0) is 77.5. The average molecular weight is 1560 g/mol. The zero-order valence-corrected chi connectivity index (χ0v) is 67.9. The summed E-state index contributed by atoms with van der Waals surface area (Å²) >= 11 is 0. The van der Waals surface area contributed by atoms with Crippen LogP contribution in [-0.2, 0) is 85.1 Å². The Labute approximate surface area is 632 Å². The van der Waals surface area contributed by atoms with Gasteiger partial charge in [0.15, 0.2) is 24.8 Å². The summed E-state index contributed by atoms with van der Waals surface area (Å²) in [4.78, 5) is 135. The number of carbonyl (C=O) groups is 8. The van der Waals surface area contributed by atoms with Gasteiger partial charge in [0.2, 0.25) is 40.8 Å². The van der Waals surface area contributed by atoms with Gasteiger partial charge in [-0.05, 0) is 25.7 Å². The summed E-state index contributed by atoms with van der Waals surface area (Å²) in [6.07, 6.45) is 23.6. The van der Waals surface area contributed by atoms with Crippen LogP contribution in [0.3, 0.4) is 0 Å². The number of unbranched alkanes of at least 4 members (excludes halogenated alkanes) is 32. The molecule has 0 radical (unpaired) electrons. The van der Waals surface area contributed by atoms with Gasteiger partial charge in [0.05, 0.1) is 52.7 Å². The van der Waals surface area contributed by atoms with Crippen molar-refractivity contribution in [3.05, 3.63) is 0 Å². The van der Waals surface area contributed by atoms with Crippen LogP contribution in [0.15, 0.2) is 0 Å². The highest BCUT2D eigenvalue weighted by atomic mass is 31.2. The first kappa shape index (κ1) is 97.5. The van der Waals surface area contributed by atoms with E-state index in [1.54, 1.807) is 0 Å². The Morgan fingerprint density at radius 2 is 0.800 bits per heavy atom. The number of ether oxygens (including phenoxy) is 7. The second kappa shape index (κ2) is 60.2. The van der Waals surface area contributed by atoms with Gasteiger partial charge < -0.3 is 93.3 Å². The summed E-state index contributed by atoms with van der Waals surface area (Å²) < 4.78 is 68.0. The van der Waals surface area contributed by atoms with Gasteiger partial charge in [-0.2, -0.15) is 0 Å². The fraction of sp³-hybridized carbons (Fsp3) is 0.892. The summed E-state index contributed by atoms with van der Waals surface area (Å²) in [7, 11) is 0.964. The Morgan fingerprint density at radius 1 is 0.448 bits per heavy atom. The Balaban J connectivity index is 2.70.